The molecule has 0 aliphatic heterocycles. The zero-order chi connectivity index (χ0) is 18.7. The number of benzene rings is 1. The van der Waals surface area contributed by atoms with E-state index in [-0.39, 0.29) is 22.8 Å². The van der Waals surface area contributed by atoms with E-state index in [9.17, 15) is 18.4 Å². The molecule has 25 heavy (non-hydrogen) atoms. The number of nitrogens with zero attached hydrogens (tertiary/aromatic N) is 1. The van der Waals surface area contributed by atoms with Crippen LogP contribution < -0.4 is 0 Å². The number of methoxy groups -OCH3 is 2. The van der Waals surface area contributed by atoms with Gasteiger partial charge < -0.3 is 19.0 Å². The third-order valence-electron chi connectivity index (χ3n) is 3.62. The standard InChI is InChI=1S/C16H16F2N2O4S/c1-8(21)13-14(15(22)24-3)20(16(25)19-13)12(7-23-2)9-4-5-10(17)11(18)6-9/h4-6,12H,7H2,1-3H3,(H,19,25). The van der Waals surface area contributed by atoms with Gasteiger partial charge in [0.05, 0.1) is 19.8 Å². The Morgan fingerprint density at radius 2 is 1.96 bits per heavy atom. The number of imidazole rings is 1. The van der Waals surface area contributed by atoms with Gasteiger partial charge in [-0.3, -0.25) is 4.79 Å². The van der Waals surface area contributed by atoms with Gasteiger partial charge in [-0.15, -0.1) is 0 Å². The molecule has 1 heterocycles. The maximum absolute atomic E-state index is 13.7. The number of H-pyrrole nitrogens is 1. The Bertz CT molecular complexity index is 876. The monoisotopic (exact) mass is 370 g/mol. The molecule has 134 valence electrons. The molecule has 0 fully saturated rings. The van der Waals surface area contributed by atoms with Crippen LogP contribution in [-0.2, 0) is 9.47 Å². The van der Waals surface area contributed by atoms with Crippen LogP contribution >= 0.6 is 12.2 Å². The van der Waals surface area contributed by atoms with Gasteiger partial charge in [-0.2, -0.15) is 0 Å². The molecule has 6 nitrogen and oxygen atoms in total. The van der Waals surface area contributed by atoms with E-state index in [1.807, 2.05) is 0 Å². The summed E-state index contributed by atoms with van der Waals surface area (Å²) in [4.78, 5) is 26.7. The number of carbonyl (C=O) groups is 2. The molecular formula is C16H16F2N2O4S. The van der Waals surface area contributed by atoms with Gasteiger partial charge in [-0.25, -0.2) is 13.6 Å². The fraction of sp³-hybridized carbons (Fsp3) is 0.312. The summed E-state index contributed by atoms with van der Waals surface area (Å²) in [5.41, 5.74) is 0.184. The molecule has 0 saturated heterocycles. The van der Waals surface area contributed by atoms with E-state index < -0.39 is 29.4 Å². The first-order chi connectivity index (χ1) is 11.8. The molecule has 0 aliphatic carbocycles. The van der Waals surface area contributed by atoms with Crippen molar-refractivity contribution in [2.75, 3.05) is 20.8 Å². The van der Waals surface area contributed by atoms with Crippen LogP contribution in [0.2, 0.25) is 0 Å². The minimum atomic E-state index is -1.05. The lowest BCUT2D eigenvalue weighted by molar-refractivity contribution is 0.0579. The summed E-state index contributed by atoms with van der Waals surface area (Å²) in [6, 6.07) is 2.53. The van der Waals surface area contributed by atoms with Crippen molar-refractivity contribution in [1.82, 2.24) is 9.55 Å². The van der Waals surface area contributed by atoms with Crippen LogP contribution in [0.25, 0.3) is 0 Å². The largest absolute Gasteiger partial charge is 0.464 e. The summed E-state index contributed by atoms with van der Waals surface area (Å²) in [6.07, 6.45) is 0. The fourth-order valence-electron chi connectivity index (χ4n) is 2.49. The molecule has 0 aliphatic rings. The third kappa shape index (κ3) is 3.67. The lowest BCUT2D eigenvalue weighted by atomic mass is 10.1. The number of ether oxygens (including phenoxy) is 2. The number of aromatic amines is 1. The van der Waals surface area contributed by atoms with Gasteiger partial charge >= 0.3 is 5.97 Å². The number of rotatable bonds is 6. The van der Waals surface area contributed by atoms with Crippen molar-refractivity contribution in [2.24, 2.45) is 0 Å². The molecule has 9 heteroatoms. The topological polar surface area (TPSA) is 73.3 Å². The number of Topliss-reactive ketones (excluding diaryl/α,β-unsaturated/α-hetero) is 1. The van der Waals surface area contributed by atoms with E-state index in [4.69, 9.17) is 21.7 Å². The smallest absolute Gasteiger partial charge is 0.357 e. The molecule has 1 N–H and O–H groups in total. The minimum absolute atomic E-state index is 0.00142. The van der Waals surface area contributed by atoms with Crippen molar-refractivity contribution in [1.29, 1.82) is 0 Å². The van der Waals surface area contributed by atoms with E-state index in [0.29, 0.717) is 5.56 Å². The molecule has 1 aromatic carbocycles. The molecule has 2 aromatic rings. The van der Waals surface area contributed by atoms with Gasteiger partial charge in [0.25, 0.3) is 0 Å². The Balaban J connectivity index is 2.73. The van der Waals surface area contributed by atoms with Crippen molar-refractivity contribution in [3.8, 4) is 0 Å². The molecule has 1 unspecified atom stereocenters. The molecular weight excluding hydrogens is 354 g/mol. The second-order valence-electron chi connectivity index (χ2n) is 5.22. The second-order valence-corrected chi connectivity index (χ2v) is 5.60. The van der Waals surface area contributed by atoms with Gasteiger partial charge in [-0.1, -0.05) is 6.07 Å². The molecule has 0 bridgehead atoms. The Labute approximate surface area is 147 Å². The van der Waals surface area contributed by atoms with Crippen LogP contribution in [-0.4, -0.2) is 42.1 Å². The molecule has 0 saturated carbocycles. The van der Waals surface area contributed by atoms with Crippen LogP contribution in [0.4, 0.5) is 8.78 Å². The zero-order valence-corrected chi connectivity index (χ0v) is 14.6. The lowest BCUT2D eigenvalue weighted by Crippen LogP contribution is -2.22. The Hall–Kier alpha value is -2.39. The summed E-state index contributed by atoms with van der Waals surface area (Å²) >= 11 is 5.22. The van der Waals surface area contributed by atoms with Crippen molar-refractivity contribution < 1.29 is 27.8 Å². The number of esters is 1. The van der Waals surface area contributed by atoms with Crippen LogP contribution in [0.1, 0.15) is 39.5 Å². The maximum atomic E-state index is 13.7. The number of halogens is 2. The SMILES string of the molecule is COCC(c1ccc(F)c(F)c1)n1c(C(=O)OC)c(C(C)=O)[nH]c1=S. The molecule has 0 amide bonds. The summed E-state index contributed by atoms with van der Waals surface area (Å²) in [7, 11) is 2.57. The highest BCUT2D eigenvalue weighted by atomic mass is 32.1. The number of hydrogen-bond acceptors (Lipinski definition) is 5. The molecule has 1 atom stereocenters. The number of aromatic nitrogens is 2. The normalized spacial score (nSPS) is 12.0. The average Bonchev–Trinajstić information content (AvgIpc) is 2.92. The maximum Gasteiger partial charge on any atom is 0.357 e. The van der Waals surface area contributed by atoms with Crippen molar-refractivity contribution in [3.63, 3.8) is 0 Å². The predicted molar refractivity (Wildman–Crippen MR) is 87.3 cm³/mol. The van der Waals surface area contributed by atoms with Crippen molar-refractivity contribution in [2.45, 2.75) is 13.0 Å². The number of carbonyl (C=O) groups excluding carboxylic acids is 2. The van der Waals surface area contributed by atoms with Crippen LogP contribution in [0.15, 0.2) is 18.2 Å². The first kappa shape index (κ1) is 18.9. The highest BCUT2D eigenvalue weighted by molar-refractivity contribution is 7.71. The Morgan fingerprint density at radius 1 is 1.28 bits per heavy atom. The van der Waals surface area contributed by atoms with Crippen LogP contribution in [0, 0.1) is 16.4 Å². The van der Waals surface area contributed by atoms with Crippen LogP contribution in [0.5, 0.6) is 0 Å². The highest BCUT2D eigenvalue weighted by Gasteiger charge is 2.28. The molecule has 2 rings (SSSR count). The van der Waals surface area contributed by atoms with Gasteiger partial charge in [0.1, 0.15) is 5.69 Å². The van der Waals surface area contributed by atoms with E-state index in [0.717, 1.165) is 19.2 Å². The van der Waals surface area contributed by atoms with Crippen LogP contribution in [0.3, 0.4) is 0 Å². The van der Waals surface area contributed by atoms with E-state index in [1.165, 1.54) is 24.7 Å². The van der Waals surface area contributed by atoms with Gasteiger partial charge in [0, 0.05) is 14.0 Å². The minimum Gasteiger partial charge on any atom is -0.464 e. The fourth-order valence-corrected chi connectivity index (χ4v) is 2.82. The lowest BCUT2D eigenvalue weighted by Gasteiger charge is -2.20. The molecule has 0 radical (unpaired) electrons. The van der Waals surface area contributed by atoms with Gasteiger partial charge in [0.15, 0.2) is 27.9 Å². The number of ketones is 1. The molecule has 0 spiro atoms. The van der Waals surface area contributed by atoms with Gasteiger partial charge in [-0.05, 0) is 29.9 Å². The first-order valence-electron chi connectivity index (χ1n) is 7.19. The van der Waals surface area contributed by atoms with E-state index >= 15 is 0 Å². The predicted octanol–water partition coefficient (Wildman–Crippen LogP) is 3.05. The summed E-state index contributed by atoms with van der Waals surface area (Å²) < 4.78 is 38.1. The first-order valence-corrected chi connectivity index (χ1v) is 7.60. The van der Waals surface area contributed by atoms with E-state index in [2.05, 4.69) is 4.98 Å². The summed E-state index contributed by atoms with van der Waals surface area (Å²) in [5.74, 6) is -3.27. The quantitative estimate of drug-likeness (QED) is 0.481. The molecule has 1 aromatic heterocycles. The van der Waals surface area contributed by atoms with Crippen molar-refractivity contribution in [3.05, 3.63) is 51.6 Å². The van der Waals surface area contributed by atoms with Gasteiger partial charge in [0.2, 0.25) is 0 Å². The summed E-state index contributed by atoms with van der Waals surface area (Å²) in [6.45, 7) is 1.26. The zero-order valence-electron chi connectivity index (χ0n) is 13.8. The van der Waals surface area contributed by atoms with E-state index in [1.54, 1.807) is 0 Å². The summed E-state index contributed by atoms with van der Waals surface area (Å²) in [5, 5.41) is 0. The average molecular weight is 370 g/mol. The Kier molecular flexibility index (Phi) is 5.81. The Morgan fingerprint density at radius 3 is 2.48 bits per heavy atom. The second kappa shape index (κ2) is 7.66. The number of hydrogen-bond donors (Lipinski definition) is 1. The van der Waals surface area contributed by atoms with Crippen molar-refractivity contribution >= 4 is 24.0 Å². The third-order valence-corrected chi connectivity index (χ3v) is 3.92. The highest BCUT2D eigenvalue weighted by Crippen LogP contribution is 2.26. The number of nitrogens with one attached hydrogen (secondary N) is 1.